The minimum absolute atomic E-state index is 0.280. The molecule has 13 aromatic rings. The van der Waals surface area contributed by atoms with Crippen LogP contribution in [0, 0.1) is 0 Å². The van der Waals surface area contributed by atoms with E-state index in [9.17, 15) is 0 Å². The van der Waals surface area contributed by atoms with Crippen LogP contribution in [-0.4, -0.2) is 31.9 Å². The lowest BCUT2D eigenvalue weighted by molar-refractivity contribution is 0.328. The smallest absolute Gasteiger partial charge is 0.131 e. The molecule has 0 radical (unpaired) electrons. The molecule has 0 saturated heterocycles. The van der Waals surface area contributed by atoms with Crippen LogP contribution in [0.1, 0.15) is 24.2 Å². The summed E-state index contributed by atoms with van der Waals surface area (Å²) in [5, 5.41) is 18.1. The molecule has 1 aliphatic rings. The second-order valence-electron chi connectivity index (χ2n) is 19.6. The van der Waals surface area contributed by atoms with Crippen LogP contribution >= 0.6 is 0 Å². The summed E-state index contributed by atoms with van der Waals surface area (Å²) < 4.78 is 7.10. The highest BCUT2D eigenvalue weighted by atomic mass is 15.3. The lowest BCUT2D eigenvalue weighted by atomic mass is 9.98. The number of aromatic nitrogens is 3. The number of allylic oxidation sites excluding steroid dienone is 1. The minimum Gasteiger partial charge on any atom is -0.372 e. The number of fused-ring (bicyclic) bond motifs is 9. The van der Waals surface area contributed by atoms with Gasteiger partial charge in [0.1, 0.15) is 24.3 Å². The lowest BCUT2D eigenvalue weighted by Crippen LogP contribution is -2.63. The van der Waals surface area contributed by atoms with Gasteiger partial charge in [-0.2, -0.15) is 0 Å². The van der Waals surface area contributed by atoms with E-state index in [1.54, 1.807) is 0 Å². The number of hydrogen-bond acceptors (Lipinski definition) is 5. The van der Waals surface area contributed by atoms with Gasteiger partial charge in [-0.1, -0.05) is 158 Å². The standard InChI is InChI=1S/C67H52N8/c1-43(42-69-64(68)67-71-65(44-18-6-2-7-19-44)70-66(72-67)45-20-8-3-9-21-45)73-60-34-30-48(46-32-36-62-54(38-46)52-26-14-16-28-58(52)74(62)50-22-10-4-11-23-50)40-56(60)57-41-49(31-35-61(57)73)47-33-37-63-55(39-47)53-27-15-17-29-59(53)75(63)51-24-12-5-13-25-51/h2-42,64-65,67,69,71H,68H2,1H3,(H,70,72)/b43-42+. The van der Waals surface area contributed by atoms with E-state index >= 15 is 0 Å². The van der Waals surface area contributed by atoms with Gasteiger partial charge in [0.05, 0.1) is 33.1 Å². The van der Waals surface area contributed by atoms with E-state index in [0.717, 1.165) is 67.3 Å². The van der Waals surface area contributed by atoms with Crippen molar-refractivity contribution in [1.29, 1.82) is 0 Å². The van der Waals surface area contributed by atoms with Gasteiger partial charge in [0.2, 0.25) is 0 Å². The number of aliphatic imine (C=N–C) groups is 1. The summed E-state index contributed by atoms with van der Waals surface area (Å²) in [4.78, 5) is 5.09. The van der Waals surface area contributed by atoms with E-state index in [0.29, 0.717) is 0 Å². The Hall–Kier alpha value is -9.47. The topological polar surface area (TPSA) is 89.3 Å². The van der Waals surface area contributed by atoms with Crippen molar-refractivity contribution < 1.29 is 0 Å². The van der Waals surface area contributed by atoms with Crippen LogP contribution in [0.25, 0.3) is 105 Å². The number of rotatable bonds is 10. The summed E-state index contributed by atoms with van der Waals surface area (Å²) in [7, 11) is 0. The summed E-state index contributed by atoms with van der Waals surface area (Å²) in [5.41, 5.74) is 24.1. The Labute approximate surface area is 434 Å². The maximum atomic E-state index is 7.09. The van der Waals surface area contributed by atoms with E-state index in [-0.39, 0.29) is 12.3 Å². The fraction of sp³-hybridized carbons (Fsp3) is 0.0597. The van der Waals surface area contributed by atoms with Crippen LogP contribution in [0.2, 0.25) is 0 Å². The zero-order valence-electron chi connectivity index (χ0n) is 41.3. The molecule has 1 aliphatic heterocycles. The summed E-state index contributed by atoms with van der Waals surface area (Å²) in [6.07, 6.45) is 0.913. The molecular weight excluding hydrogens is 917 g/mol. The molecule has 3 unspecified atom stereocenters. The maximum Gasteiger partial charge on any atom is 0.131 e. The van der Waals surface area contributed by atoms with Gasteiger partial charge >= 0.3 is 0 Å². The molecule has 3 aromatic heterocycles. The highest BCUT2D eigenvalue weighted by molar-refractivity contribution is 6.15. The highest BCUT2D eigenvalue weighted by Crippen LogP contribution is 2.41. The number of nitrogens with one attached hydrogen (secondary N) is 3. The van der Waals surface area contributed by atoms with Crippen LogP contribution in [-0.2, 0) is 0 Å². The molecular formula is C67H52N8. The second-order valence-corrected chi connectivity index (χ2v) is 19.6. The first-order valence-corrected chi connectivity index (χ1v) is 25.7. The minimum atomic E-state index is -0.517. The number of nitrogens with zero attached hydrogens (tertiary/aromatic N) is 4. The van der Waals surface area contributed by atoms with Crippen LogP contribution in [0.5, 0.6) is 0 Å². The quantitative estimate of drug-likeness (QED) is 0.103. The van der Waals surface area contributed by atoms with E-state index in [1.165, 1.54) is 54.4 Å². The predicted octanol–water partition coefficient (Wildman–Crippen LogP) is 14.7. The summed E-state index contributed by atoms with van der Waals surface area (Å²) in [6, 6.07) is 87.0. The van der Waals surface area contributed by atoms with Crippen molar-refractivity contribution in [1.82, 2.24) is 29.7 Å². The third-order valence-corrected chi connectivity index (χ3v) is 15.1. The van der Waals surface area contributed by atoms with Gasteiger partial charge in [0.15, 0.2) is 0 Å². The van der Waals surface area contributed by atoms with Crippen molar-refractivity contribution in [3.63, 3.8) is 0 Å². The first kappa shape index (κ1) is 44.2. The van der Waals surface area contributed by atoms with Crippen LogP contribution in [0.15, 0.2) is 254 Å². The lowest BCUT2D eigenvalue weighted by Gasteiger charge is -2.35. The third kappa shape index (κ3) is 7.66. The summed E-state index contributed by atoms with van der Waals surface area (Å²) in [6.45, 7) is 2.15. The number of amidine groups is 1. The Bertz CT molecular complexity index is 4140. The van der Waals surface area contributed by atoms with Crippen LogP contribution in [0.4, 0.5) is 0 Å². The Kier molecular flexibility index (Phi) is 10.8. The molecule has 8 nitrogen and oxygen atoms in total. The molecule has 5 N–H and O–H groups in total. The average molecular weight is 969 g/mol. The fourth-order valence-electron chi connectivity index (χ4n) is 11.5. The van der Waals surface area contributed by atoms with Crippen molar-refractivity contribution in [2.75, 3.05) is 0 Å². The summed E-state index contributed by atoms with van der Waals surface area (Å²) >= 11 is 0. The number of nitrogens with two attached hydrogens (primary N) is 1. The Balaban J connectivity index is 0.883. The summed E-state index contributed by atoms with van der Waals surface area (Å²) in [5.74, 6) is 0.794. The second kappa shape index (κ2) is 18.2. The highest BCUT2D eigenvalue weighted by Gasteiger charge is 2.28. The maximum absolute atomic E-state index is 7.09. The van der Waals surface area contributed by atoms with Gasteiger partial charge in [-0.3, -0.25) is 5.32 Å². The number of benzene rings is 10. The molecule has 0 spiro atoms. The normalized spacial score (nSPS) is 15.5. The van der Waals surface area contributed by atoms with Crippen molar-refractivity contribution in [3.8, 4) is 33.6 Å². The molecule has 10 aromatic carbocycles. The van der Waals surface area contributed by atoms with Gasteiger partial charge in [-0.05, 0) is 120 Å². The van der Waals surface area contributed by atoms with Crippen LogP contribution in [0.3, 0.4) is 0 Å². The number of para-hydroxylation sites is 4. The number of hydrogen-bond donors (Lipinski definition) is 4. The molecule has 4 heterocycles. The molecule has 75 heavy (non-hydrogen) atoms. The first-order valence-electron chi connectivity index (χ1n) is 25.7. The van der Waals surface area contributed by atoms with Crippen molar-refractivity contribution in [2.24, 2.45) is 10.7 Å². The van der Waals surface area contributed by atoms with Gasteiger partial charge in [0.25, 0.3) is 0 Å². The van der Waals surface area contributed by atoms with Crippen molar-refractivity contribution >= 4 is 77.0 Å². The van der Waals surface area contributed by atoms with E-state index < -0.39 is 6.17 Å². The molecule has 8 heteroatoms. The largest absolute Gasteiger partial charge is 0.372 e. The zero-order chi connectivity index (χ0) is 50.0. The van der Waals surface area contributed by atoms with Crippen LogP contribution < -0.4 is 21.7 Å². The molecule has 0 amide bonds. The Morgan fingerprint density at radius 2 is 0.853 bits per heavy atom. The van der Waals surface area contributed by atoms with Gasteiger partial charge in [0, 0.05) is 61.2 Å². The van der Waals surface area contributed by atoms with Gasteiger partial charge in [-0.25, -0.2) is 4.99 Å². The van der Waals surface area contributed by atoms with E-state index in [2.05, 4.69) is 243 Å². The first-order chi connectivity index (χ1) is 37.0. The van der Waals surface area contributed by atoms with Gasteiger partial charge < -0.3 is 30.1 Å². The van der Waals surface area contributed by atoms with Crippen molar-refractivity contribution in [3.05, 3.63) is 260 Å². The average Bonchev–Trinajstić information content (AvgIpc) is 4.17. The van der Waals surface area contributed by atoms with E-state index in [4.69, 9.17) is 10.7 Å². The molecule has 0 saturated carbocycles. The fourth-order valence-corrected chi connectivity index (χ4v) is 11.5. The predicted molar refractivity (Wildman–Crippen MR) is 312 cm³/mol. The molecule has 0 fully saturated rings. The molecule has 0 aliphatic carbocycles. The van der Waals surface area contributed by atoms with Gasteiger partial charge in [-0.15, -0.1) is 0 Å². The zero-order valence-corrected chi connectivity index (χ0v) is 41.3. The molecule has 0 bridgehead atoms. The molecule has 3 atom stereocenters. The Morgan fingerprint density at radius 1 is 0.453 bits per heavy atom. The van der Waals surface area contributed by atoms with E-state index in [1.807, 2.05) is 42.6 Å². The Morgan fingerprint density at radius 3 is 1.35 bits per heavy atom. The monoisotopic (exact) mass is 968 g/mol. The molecule has 14 rings (SSSR count). The third-order valence-electron chi connectivity index (χ3n) is 15.1. The van der Waals surface area contributed by atoms with Crippen molar-refractivity contribution in [2.45, 2.75) is 25.4 Å². The molecule has 360 valence electrons. The SMILES string of the molecule is C/C(=C\NC(N)C1NC(c2ccccc2)=NC(c2ccccc2)N1)n1c2ccc(-c3ccc4c(c3)c3ccccc3n4-c3ccccc3)cc2c2cc(-c3ccc4c(c3)c3ccccc3n4-c3ccccc3)ccc21.